The third-order valence-electron chi connectivity index (χ3n) is 2.28. The highest BCUT2D eigenvalue weighted by molar-refractivity contribution is 7.99. The molecule has 3 rings (SSSR count). The van der Waals surface area contributed by atoms with Crippen LogP contribution in [0, 0.1) is 0 Å². The van der Waals surface area contributed by atoms with Gasteiger partial charge in [-0.25, -0.2) is 9.98 Å². The van der Waals surface area contributed by atoms with Crippen molar-refractivity contribution in [2.24, 2.45) is 9.98 Å². The maximum Gasteiger partial charge on any atom is 0.230 e. The Labute approximate surface area is 103 Å². The molecule has 2 aliphatic heterocycles. The molecule has 1 aromatic rings. The minimum atomic E-state index is 0.630. The van der Waals surface area contributed by atoms with E-state index in [-0.39, 0.29) is 0 Å². The van der Waals surface area contributed by atoms with Gasteiger partial charge >= 0.3 is 0 Å². The molecule has 1 aromatic carbocycles. The van der Waals surface area contributed by atoms with Gasteiger partial charge in [0.05, 0.1) is 22.8 Å². The number of para-hydroxylation sites is 1. The zero-order valence-electron chi connectivity index (χ0n) is 8.30. The number of halogens is 1. The van der Waals surface area contributed by atoms with Crippen LogP contribution >= 0.6 is 23.4 Å². The van der Waals surface area contributed by atoms with E-state index in [2.05, 4.69) is 16.1 Å². The Hall–Kier alpha value is -1.26. The second kappa shape index (κ2) is 3.96. The van der Waals surface area contributed by atoms with Crippen LogP contribution in [-0.2, 0) is 0 Å². The van der Waals surface area contributed by atoms with E-state index in [1.165, 1.54) is 4.90 Å². The highest BCUT2D eigenvalue weighted by Crippen LogP contribution is 2.33. The zero-order chi connectivity index (χ0) is 11.0. The Morgan fingerprint density at radius 1 is 1.31 bits per heavy atom. The number of hydrogen-bond acceptors (Lipinski definition) is 4. The predicted octanol–water partition coefficient (Wildman–Crippen LogP) is 3.20. The summed E-state index contributed by atoms with van der Waals surface area (Å²) in [5.41, 5.74) is 0.966. The number of thioether (sulfide) groups is 1. The van der Waals surface area contributed by atoms with Crippen LogP contribution in [-0.4, -0.2) is 23.0 Å². The van der Waals surface area contributed by atoms with Gasteiger partial charge in [0.25, 0.3) is 0 Å². The Morgan fingerprint density at radius 2 is 2.19 bits per heavy atom. The van der Waals surface area contributed by atoms with Crippen LogP contribution < -0.4 is 0 Å². The number of hydrogen-bond donors (Lipinski definition) is 0. The molecule has 0 saturated carbocycles. The number of nitrogens with zero attached hydrogens (tertiary/aromatic N) is 3. The number of benzene rings is 1. The summed E-state index contributed by atoms with van der Waals surface area (Å²) in [6.07, 6.45) is 3.47. The van der Waals surface area contributed by atoms with Gasteiger partial charge in [-0.05, 0) is 12.1 Å². The van der Waals surface area contributed by atoms with E-state index >= 15 is 0 Å². The number of fused-ring (bicyclic) bond motifs is 2. The summed E-state index contributed by atoms with van der Waals surface area (Å²) in [7, 11) is 0. The van der Waals surface area contributed by atoms with Crippen molar-refractivity contribution in [3.63, 3.8) is 0 Å². The second-order valence-electron chi connectivity index (χ2n) is 3.39. The quantitative estimate of drug-likeness (QED) is 0.706. The fraction of sp³-hybridized carbons (Fsp3) is 0.0909. The molecule has 0 saturated heterocycles. The van der Waals surface area contributed by atoms with E-state index in [0.717, 1.165) is 11.6 Å². The molecule has 0 radical (unpaired) electrons. The Morgan fingerprint density at radius 3 is 3.12 bits per heavy atom. The Balaban J connectivity index is 2.06. The minimum Gasteiger partial charge on any atom is -0.306 e. The first-order valence-electron chi connectivity index (χ1n) is 4.81. The van der Waals surface area contributed by atoms with Crippen molar-refractivity contribution >= 4 is 41.2 Å². The second-order valence-corrected chi connectivity index (χ2v) is 4.82. The lowest BCUT2D eigenvalue weighted by Gasteiger charge is -2.19. The smallest absolute Gasteiger partial charge is 0.230 e. The van der Waals surface area contributed by atoms with Gasteiger partial charge in [0.15, 0.2) is 0 Å². The van der Waals surface area contributed by atoms with Crippen molar-refractivity contribution < 1.29 is 0 Å². The lowest BCUT2D eigenvalue weighted by molar-refractivity contribution is 0.652. The van der Waals surface area contributed by atoms with Gasteiger partial charge in [-0.2, -0.15) is 0 Å². The maximum atomic E-state index is 5.91. The van der Waals surface area contributed by atoms with Gasteiger partial charge in [-0.3, -0.25) is 0 Å². The van der Waals surface area contributed by atoms with Crippen molar-refractivity contribution in [3.05, 3.63) is 35.5 Å². The molecule has 0 atom stereocenters. The molecule has 0 aliphatic carbocycles. The highest BCUT2D eigenvalue weighted by Gasteiger charge is 2.17. The summed E-state index contributed by atoms with van der Waals surface area (Å²) < 4.78 is 0. The largest absolute Gasteiger partial charge is 0.306 e. The predicted molar refractivity (Wildman–Crippen MR) is 68.5 cm³/mol. The van der Waals surface area contributed by atoms with E-state index in [0.29, 0.717) is 11.0 Å². The van der Waals surface area contributed by atoms with Crippen molar-refractivity contribution in [3.8, 4) is 0 Å². The standard InChI is InChI=1S/C11H8ClN3S/c12-8-5-13-11-14-9-3-1-2-4-10(9)16-7-15(11)6-8/h1-6H,7H2. The average molecular weight is 250 g/mol. The van der Waals surface area contributed by atoms with Crippen LogP contribution in [0.25, 0.3) is 0 Å². The number of aliphatic imine (C=N–C) groups is 2. The van der Waals surface area contributed by atoms with Gasteiger partial charge < -0.3 is 4.90 Å². The van der Waals surface area contributed by atoms with Crippen molar-refractivity contribution in [1.29, 1.82) is 0 Å². The van der Waals surface area contributed by atoms with Crippen LogP contribution in [0.2, 0.25) is 0 Å². The van der Waals surface area contributed by atoms with Crippen LogP contribution in [0.3, 0.4) is 0 Å². The van der Waals surface area contributed by atoms with Gasteiger partial charge in [-0.15, -0.1) is 11.8 Å². The zero-order valence-corrected chi connectivity index (χ0v) is 9.87. The molecule has 2 heterocycles. The first-order valence-corrected chi connectivity index (χ1v) is 6.18. The first-order chi connectivity index (χ1) is 7.83. The molecule has 16 heavy (non-hydrogen) atoms. The molecular formula is C11H8ClN3S. The number of guanidine groups is 1. The minimum absolute atomic E-state index is 0.630. The van der Waals surface area contributed by atoms with Crippen molar-refractivity contribution in [1.82, 2.24) is 4.90 Å². The summed E-state index contributed by atoms with van der Waals surface area (Å²) in [6.45, 7) is 0. The molecule has 0 fully saturated rings. The number of rotatable bonds is 0. The van der Waals surface area contributed by atoms with E-state index in [1.807, 2.05) is 29.3 Å². The molecular weight excluding hydrogens is 242 g/mol. The van der Waals surface area contributed by atoms with E-state index in [9.17, 15) is 0 Å². The SMILES string of the molecule is ClC1=CN2CSc3ccccc3N=C2N=C1. The molecule has 0 spiro atoms. The fourth-order valence-corrected chi connectivity index (χ4v) is 2.61. The van der Waals surface area contributed by atoms with Gasteiger partial charge in [-0.1, -0.05) is 23.7 Å². The van der Waals surface area contributed by atoms with Gasteiger partial charge in [0, 0.05) is 11.1 Å². The first kappa shape index (κ1) is 9.93. The molecule has 0 amide bonds. The van der Waals surface area contributed by atoms with E-state index in [4.69, 9.17) is 11.6 Å². The average Bonchev–Trinajstić information content (AvgIpc) is 2.48. The topological polar surface area (TPSA) is 28.0 Å². The molecule has 0 aromatic heterocycles. The Kier molecular flexibility index (Phi) is 2.46. The summed E-state index contributed by atoms with van der Waals surface area (Å²) in [6, 6.07) is 8.06. The monoisotopic (exact) mass is 249 g/mol. The van der Waals surface area contributed by atoms with E-state index in [1.54, 1.807) is 18.0 Å². The summed E-state index contributed by atoms with van der Waals surface area (Å²) in [5, 5.41) is 0.630. The normalized spacial score (nSPS) is 18.2. The van der Waals surface area contributed by atoms with Crippen LogP contribution in [0.1, 0.15) is 0 Å². The molecule has 5 heteroatoms. The van der Waals surface area contributed by atoms with Gasteiger partial charge in [0.1, 0.15) is 0 Å². The van der Waals surface area contributed by atoms with Crippen molar-refractivity contribution in [2.45, 2.75) is 4.90 Å². The van der Waals surface area contributed by atoms with E-state index < -0.39 is 0 Å². The maximum absolute atomic E-state index is 5.91. The molecule has 80 valence electrons. The third kappa shape index (κ3) is 1.74. The molecule has 3 nitrogen and oxygen atoms in total. The summed E-state index contributed by atoms with van der Waals surface area (Å²) >= 11 is 7.64. The lowest BCUT2D eigenvalue weighted by atomic mass is 10.3. The molecule has 0 N–H and O–H groups in total. The third-order valence-corrected chi connectivity index (χ3v) is 3.54. The summed E-state index contributed by atoms with van der Waals surface area (Å²) in [5.74, 6) is 1.48. The lowest BCUT2D eigenvalue weighted by Crippen LogP contribution is -2.25. The molecule has 0 bridgehead atoms. The van der Waals surface area contributed by atoms with Crippen LogP contribution in [0.15, 0.2) is 50.4 Å². The Bertz CT molecular complexity index is 522. The fourth-order valence-electron chi connectivity index (χ4n) is 1.54. The highest BCUT2D eigenvalue weighted by atomic mass is 35.5. The van der Waals surface area contributed by atoms with Crippen molar-refractivity contribution in [2.75, 3.05) is 5.88 Å². The number of allylic oxidation sites excluding steroid dienone is 1. The molecule has 2 aliphatic rings. The van der Waals surface area contributed by atoms with Gasteiger partial charge in [0.2, 0.25) is 5.96 Å². The summed E-state index contributed by atoms with van der Waals surface area (Å²) in [4.78, 5) is 11.9. The molecule has 0 unspecified atom stereocenters. The van der Waals surface area contributed by atoms with Crippen LogP contribution in [0.4, 0.5) is 5.69 Å². The van der Waals surface area contributed by atoms with Crippen LogP contribution in [0.5, 0.6) is 0 Å².